The highest BCUT2D eigenvalue weighted by atomic mass is 79.9. The van der Waals surface area contributed by atoms with E-state index in [1.54, 1.807) is 6.20 Å². The average molecular weight is 248 g/mol. The summed E-state index contributed by atoms with van der Waals surface area (Å²) in [5, 5.41) is 10.1. The van der Waals surface area contributed by atoms with Crippen molar-refractivity contribution >= 4 is 37.7 Å². The Labute approximate surface area is 88.3 Å². The SMILES string of the molecule is Brc1nncc2c1[nH]c1ccccc12. The van der Waals surface area contributed by atoms with Crippen LogP contribution in [-0.2, 0) is 0 Å². The molecule has 0 atom stereocenters. The van der Waals surface area contributed by atoms with Crippen molar-refractivity contribution in [2.24, 2.45) is 0 Å². The van der Waals surface area contributed by atoms with Crippen molar-refractivity contribution in [3.63, 3.8) is 0 Å². The zero-order valence-corrected chi connectivity index (χ0v) is 8.75. The van der Waals surface area contributed by atoms with Gasteiger partial charge in [-0.25, -0.2) is 0 Å². The predicted molar refractivity (Wildman–Crippen MR) is 59.1 cm³/mol. The number of nitrogens with zero attached hydrogens (tertiary/aromatic N) is 2. The van der Waals surface area contributed by atoms with E-state index in [1.165, 1.54) is 5.39 Å². The number of benzene rings is 1. The Morgan fingerprint density at radius 1 is 1.14 bits per heavy atom. The number of aromatic nitrogens is 3. The summed E-state index contributed by atoms with van der Waals surface area (Å²) in [6.07, 6.45) is 1.78. The minimum absolute atomic E-state index is 0.756. The molecule has 0 aliphatic carbocycles. The Hall–Kier alpha value is -1.42. The molecule has 0 saturated heterocycles. The van der Waals surface area contributed by atoms with E-state index in [-0.39, 0.29) is 0 Å². The minimum atomic E-state index is 0.756. The van der Waals surface area contributed by atoms with Crippen LogP contribution >= 0.6 is 15.9 Å². The van der Waals surface area contributed by atoms with Crippen molar-refractivity contribution in [3.8, 4) is 0 Å². The van der Waals surface area contributed by atoms with Gasteiger partial charge in [-0.3, -0.25) is 0 Å². The van der Waals surface area contributed by atoms with Crippen molar-refractivity contribution in [1.29, 1.82) is 0 Å². The Morgan fingerprint density at radius 3 is 2.93 bits per heavy atom. The van der Waals surface area contributed by atoms with Gasteiger partial charge in [0.1, 0.15) is 0 Å². The van der Waals surface area contributed by atoms with E-state index in [1.807, 2.05) is 18.2 Å². The van der Waals surface area contributed by atoms with Crippen LogP contribution in [0, 0.1) is 0 Å². The summed E-state index contributed by atoms with van der Waals surface area (Å²) in [6, 6.07) is 8.14. The van der Waals surface area contributed by atoms with Crippen molar-refractivity contribution < 1.29 is 0 Å². The van der Waals surface area contributed by atoms with Crippen molar-refractivity contribution in [3.05, 3.63) is 35.1 Å². The first kappa shape index (κ1) is 7.94. The highest BCUT2D eigenvalue weighted by Gasteiger charge is 2.06. The van der Waals surface area contributed by atoms with Gasteiger partial charge in [-0.1, -0.05) is 18.2 Å². The van der Waals surface area contributed by atoms with E-state index in [4.69, 9.17) is 0 Å². The molecule has 3 rings (SSSR count). The second-order valence-electron chi connectivity index (χ2n) is 3.09. The molecule has 0 radical (unpaired) electrons. The lowest BCUT2D eigenvalue weighted by Gasteiger charge is -1.89. The second kappa shape index (κ2) is 2.78. The van der Waals surface area contributed by atoms with E-state index in [9.17, 15) is 0 Å². The molecule has 0 spiro atoms. The third kappa shape index (κ3) is 0.974. The van der Waals surface area contributed by atoms with Gasteiger partial charge in [-0.2, -0.15) is 5.10 Å². The first-order valence-corrected chi connectivity index (χ1v) is 5.03. The molecule has 2 aromatic heterocycles. The number of para-hydroxylation sites is 1. The Kier molecular flexibility index (Phi) is 1.58. The Morgan fingerprint density at radius 2 is 2.00 bits per heavy atom. The van der Waals surface area contributed by atoms with E-state index in [0.29, 0.717) is 0 Å². The van der Waals surface area contributed by atoms with Gasteiger partial charge in [-0.15, -0.1) is 5.10 Å². The topological polar surface area (TPSA) is 41.6 Å². The lowest BCUT2D eigenvalue weighted by molar-refractivity contribution is 1.02. The van der Waals surface area contributed by atoms with Crippen LogP contribution in [0.1, 0.15) is 0 Å². The predicted octanol–water partition coefficient (Wildman–Crippen LogP) is 2.87. The Balaban J connectivity index is 2.63. The smallest absolute Gasteiger partial charge is 0.152 e. The van der Waals surface area contributed by atoms with E-state index in [0.717, 1.165) is 21.0 Å². The first-order valence-electron chi connectivity index (χ1n) is 4.24. The molecule has 14 heavy (non-hydrogen) atoms. The van der Waals surface area contributed by atoms with Crippen LogP contribution in [0.15, 0.2) is 35.1 Å². The molecule has 0 fully saturated rings. The maximum Gasteiger partial charge on any atom is 0.152 e. The Bertz CT molecular complexity index is 615. The molecule has 0 amide bonds. The molecule has 3 aromatic rings. The zero-order valence-electron chi connectivity index (χ0n) is 7.16. The number of hydrogen-bond donors (Lipinski definition) is 1. The monoisotopic (exact) mass is 247 g/mol. The standard InChI is InChI=1S/C10H6BrN3/c11-10-9-7(5-12-14-10)6-3-1-2-4-8(6)13-9/h1-5,13H. The fourth-order valence-electron chi connectivity index (χ4n) is 1.65. The van der Waals surface area contributed by atoms with Crippen LogP contribution in [0.3, 0.4) is 0 Å². The summed E-state index contributed by atoms with van der Waals surface area (Å²) in [5.74, 6) is 0. The zero-order chi connectivity index (χ0) is 9.54. The molecule has 0 bridgehead atoms. The molecule has 0 aliphatic heterocycles. The maximum absolute atomic E-state index is 3.94. The third-order valence-electron chi connectivity index (χ3n) is 2.28. The van der Waals surface area contributed by atoms with Gasteiger partial charge in [0.2, 0.25) is 0 Å². The van der Waals surface area contributed by atoms with Crippen LogP contribution in [0.5, 0.6) is 0 Å². The van der Waals surface area contributed by atoms with E-state index >= 15 is 0 Å². The number of rotatable bonds is 0. The molecule has 0 unspecified atom stereocenters. The number of halogens is 1. The van der Waals surface area contributed by atoms with E-state index in [2.05, 4.69) is 37.2 Å². The molecule has 1 N–H and O–H groups in total. The molecule has 1 aromatic carbocycles. The highest BCUT2D eigenvalue weighted by Crippen LogP contribution is 2.27. The lowest BCUT2D eigenvalue weighted by Crippen LogP contribution is -1.81. The van der Waals surface area contributed by atoms with E-state index < -0.39 is 0 Å². The maximum atomic E-state index is 3.94. The summed E-state index contributed by atoms with van der Waals surface area (Å²) < 4.78 is 0.756. The van der Waals surface area contributed by atoms with Gasteiger partial charge < -0.3 is 4.98 Å². The fourth-order valence-corrected chi connectivity index (χ4v) is 2.05. The van der Waals surface area contributed by atoms with Gasteiger partial charge in [0.25, 0.3) is 0 Å². The van der Waals surface area contributed by atoms with Crippen LogP contribution in [0.25, 0.3) is 21.8 Å². The largest absolute Gasteiger partial charge is 0.352 e. The number of hydrogen-bond acceptors (Lipinski definition) is 2. The van der Waals surface area contributed by atoms with Crippen molar-refractivity contribution in [1.82, 2.24) is 15.2 Å². The summed E-state index contributed by atoms with van der Waals surface area (Å²) >= 11 is 3.37. The molecule has 2 heterocycles. The second-order valence-corrected chi connectivity index (χ2v) is 3.85. The molecule has 4 heteroatoms. The van der Waals surface area contributed by atoms with Gasteiger partial charge >= 0.3 is 0 Å². The van der Waals surface area contributed by atoms with Gasteiger partial charge in [0.15, 0.2) is 4.60 Å². The quantitative estimate of drug-likeness (QED) is 0.664. The minimum Gasteiger partial charge on any atom is -0.352 e. The van der Waals surface area contributed by atoms with Gasteiger partial charge in [0.05, 0.1) is 11.7 Å². The molecular weight excluding hydrogens is 242 g/mol. The fraction of sp³-hybridized carbons (Fsp3) is 0. The molecule has 3 nitrogen and oxygen atoms in total. The van der Waals surface area contributed by atoms with Crippen LogP contribution < -0.4 is 0 Å². The average Bonchev–Trinajstić information content (AvgIpc) is 2.59. The summed E-state index contributed by atoms with van der Waals surface area (Å²) in [6.45, 7) is 0. The molecular formula is C10H6BrN3. The normalized spacial score (nSPS) is 11.2. The summed E-state index contributed by atoms with van der Waals surface area (Å²) in [5.41, 5.74) is 2.11. The van der Waals surface area contributed by atoms with Gasteiger partial charge in [-0.05, 0) is 22.0 Å². The van der Waals surface area contributed by atoms with Crippen molar-refractivity contribution in [2.75, 3.05) is 0 Å². The van der Waals surface area contributed by atoms with Crippen molar-refractivity contribution in [2.45, 2.75) is 0 Å². The van der Waals surface area contributed by atoms with Crippen LogP contribution in [-0.4, -0.2) is 15.2 Å². The number of nitrogens with one attached hydrogen (secondary N) is 1. The molecule has 0 aliphatic rings. The first-order chi connectivity index (χ1) is 6.86. The summed E-state index contributed by atoms with van der Waals surface area (Å²) in [4.78, 5) is 3.30. The summed E-state index contributed by atoms with van der Waals surface area (Å²) in [7, 11) is 0. The third-order valence-corrected chi connectivity index (χ3v) is 2.84. The number of aromatic amines is 1. The highest BCUT2D eigenvalue weighted by molar-refractivity contribution is 9.10. The van der Waals surface area contributed by atoms with Crippen LogP contribution in [0.4, 0.5) is 0 Å². The number of fused-ring (bicyclic) bond motifs is 3. The lowest BCUT2D eigenvalue weighted by atomic mass is 10.2. The van der Waals surface area contributed by atoms with Gasteiger partial charge in [0, 0.05) is 16.3 Å². The van der Waals surface area contributed by atoms with Crippen LogP contribution in [0.2, 0.25) is 0 Å². The molecule has 0 saturated carbocycles. The number of H-pyrrole nitrogens is 1. The molecule has 68 valence electrons.